The maximum atomic E-state index is 13.2. The van der Waals surface area contributed by atoms with Gasteiger partial charge in [-0.2, -0.15) is 0 Å². The third kappa shape index (κ3) is 4.07. The van der Waals surface area contributed by atoms with Crippen LogP contribution in [0.25, 0.3) is 0 Å². The molecule has 0 spiro atoms. The minimum absolute atomic E-state index is 0.0203. The average molecular weight is 274 g/mol. The van der Waals surface area contributed by atoms with Crippen LogP contribution in [0.3, 0.4) is 0 Å². The van der Waals surface area contributed by atoms with Crippen LogP contribution < -0.4 is 5.32 Å². The van der Waals surface area contributed by atoms with E-state index in [1.54, 1.807) is 12.1 Å². The Bertz CT molecular complexity index is 509. The van der Waals surface area contributed by atoms with Crippen LogP contribution in [0.15, 0.2) is 24.3 Å². The summed E-state index contributed by atoms with van der Waals surface area (Å²) >= 11 is 0. The molecule has 1 saturated heterocycles. The highest BCUT2D eigenvalue weighted by Crippen LogP contribution is 2.19. The molecule has 1 aliphatic heterocycles. The van der Waals surface area contributed by atoms with Crippen LogP contribution in [0.4, 0.5) is 4.39 Å². The fraction of sp³-hybridized carbons (Fsp3) is 0.438. The third-order valence-corrected chi connectivity index (χ3v) is 3.54. The summed E-state index contributed by atoms with van der Waals surface area (Å²) < 4.78 is 13.2. The second-order valence-corrected chi connectivity index (χ2v) is 5.13. The summed E-state index contributed by atoms with van der Waals surface area (Å²) in [7, 11) is 0. The van der Waals surface area contributed by atoms with Crippen LogP contribution in [0, 0.1) is 24.1 Å². The third-order valence-electron chi connectivity index (χ3n) is 3.54. The van der Waals surface area contributed by atoms with Crippen molar-refractivity contribution in [2.75, 3.05) is 19.6 Å². The molecule has 0 bridgehead atoms. The number of benzene rings is 1. The molecule has 4 heteroatoms. The lowest BCUT2D eigenvalue weighted by Gasteiger charge is -2.31. The van der Waals surface area contributed by atoms with Gasteiger partial charge in [-0.1, -0.05) is 18.1 Å². The molecule has 0 aliphatic carbocycles. The van der Waals surface area contributed by atoms with Crippen LogP contribution in [0.2, 0.25) is 0 Å². The number of nitrogens with zero attached hydrogens (tertiary/aromatic N) is 1. The van der Waals surface area contributed by atoms with Gasteiger partial charge in [-0.15, -0.1) is 6.42 Å². The Labute approximate surface area is 119 Å². The summed E-state index contributed by atoms with van der Waals surface area (Å²) in [5.74, 6) is 2.19. The Morgan fingerprint density at radius 2 is 2.40 bits per heavy atom. The Balaban J connectivity index is 1.90. The summed E-state index contributed by atoms with van der Waals surface area (Å²) in [5.41, 5.74) is 0.940. The molecule has 2 rings (SSSR count). The summed E-state index contributed by atoms with van der Waals surface area (Å²) in [4.78, 5) is 14.1. The van der Waals surface area contributed by atoms with E-state index in [2.05, 4.69) is 16.1 Å². The maximum Gasteiger partial charge on any atom is 0.225 e. The first-order chi connectivity index (χ1) is 9.69. The van der Waals surface area contributed by atoms with Gasteiger partial charge in [0.15, 0.2) is 0 Å². The topological polar surface area (TPSA) is 32.3 Å². The predicted molar refractivity (Wildman–Crippen MR) is 76.2 cm³/mol. The van der Waals surface area contributed by atoms with Crippen molar-refractivity contribution in [3.05, 3.63) is 35.6 Å². The zero-order valence-corrected chi connectivity index (χ0v) is 11.4. The zero-order chi connectivity index (χ0) is 14.4. The van der Waals surface area contributed by atoms with Crippen LogP contribution in [-0.2, 0) is 11.3 Å². The highest BCUT2D eigenvalue weighted by Gasteiger charge is 2.25. The largest absolute Gasteiger partial charge is 0.345 e. The molecule has 20 heavy (non-hydrogen) atoms. The van der Waals surface area contributed by atoms with E-state index in [4.69, 9.17) is 6.42 Å². The molecule has 1 amide bonds. The second kappa shape index (κ2) is 7.06. The highest BCUT2D eigenvalue weighted by atomic mass is 19.1. The van der Waals surface area contributed by atoms with E-state index in [1.807, 2.05) is 6.07 Å². The number of piperidine rings is 1. The van der Waals surface area contributed by atoms with E-state index >= 15 is 0 Å². The van der Waals surface area contributed by atoms with E-state index in [0.717, 1.165) is 24.9 Å². The van der Waals surface area contributed by atoms with E-state index in [9.17, 15) is 9.18 Å². The number of halogens is 1. The number of rotatable bonds is 4. The van der Waals surface area contributed by atoms with E-state index in [-0.39, 0.29) is 24.2 Å². The first-order valence-electron chi connectivity index (χ1n) is 6.87. The van der Waals surface area contributed by atoms with Crippen LogP contribution in [-0.4, -0.2) is 30.4 Å². The second-order valence-electron chi connectivity index (χ2n) is 5.13. The standard InChI is InChI=1S/C16H19FN2O/c1-2-8-18-16(20)14-6-4-9-19(12-14)11-13-5-3-7-15(17)10-13/h1,3,5,7,10,14H,4,6,8-9,11-12H2,(H,18,20)/t14-/m0/s1. The van der Waals surface area contributed by atoms with E-state index in [0.29, 0.717) is 13.1 Å². The molecule has 1 fully saturated rings. The number of nitrogens with one attached hydrogen (secondary N) is 1. The molecule has 0 saturated carbocycles. The maximum absolute atomic E-state index is 13.2. The van der Waals surface area contributed by atoms with Gasteiger partial charge in [0, 0.05) is 13.1 Å². The van der Waals surface area contributed by atoms with Gasteiger partial charge in [0.25, 0.3) is 0 Å². The first-order valence-corrected chi connectivity index (χ1v) is 6.87. The minimum atomic E-state index is -0.220. The van der Waals surface area contributed by atoms with Gasteiger partial charge in [0.05, 0.1) is 12.5 Å². The molecule has 0 aromatic heterocycles. The molecule has 1 aromatic rings. The number of carbonyl (C=O) groups excluding carboxylic acids is 1. The number of likely N-dealkylation sites (tertiary alicyclic amines) is 1. The van der Waals surface area contributed by atoms with Gasteiger partial charge in [-0.05, 0) is 37.1 Å². The Morgan fingerprint density at radius 3 is 3.15 bits per heavy atom. The quantitative estimate of drug-likeness (QED) is 0.849. The van der Waals surface area contributed by atoms with E-state index < -0.39 is 0 Å². The number of terminal acetylenes is 1. The number of hydrogen-bond donors (Lipinski definition) is 1. The Hall–Kier alpha value is -1.86. The molecule has 1 N–H and O–H groups in total. The molecule has 1 aliphatic rings. The van der Waals surface area contributed by atoms with Gasteiger partial charge in [-0.25, -0.2) is 4.39 Å². The fourth-order valence-corrected chi connectivity index (χ4v) is 2.59. The van der Waals surface area contributed by atoms with Crippen LogP contribution >= 0.6 is 0 Å². The predicted octanol–water partition coefficient (Wildman–Crippen LogP) is 1.79. The lowest BCUT2D eigenvalue weighted by molar-refractivity contribution is -0.126. The highest BCUT2D eigenvalue weighted by molar-refractivity contribution is 5.79. The van der Waals surface area contributed by atoms with Gasteiger partial charge in [-0.3, -0.25) is 9.69 Å². The number of hydrogen-bond acceptors (Lipinski definition) is 2. The molecule has 0 unspecified atom stereocenters. The van der Waals surface area contributed by atoms with Gasteiger partial charge >= 0.3 is 0 Å². The van der Waals surface area contributed by atoms with Crippen LogP contribution in [0.5, 0.6) is 0 Å². The molecule has 3 nitrogen and oxygen atoms in total. The van der Waals surface area contributed by atoms with Crippen LogP contribution in [0.1, 0.15) is 18.4 Å². The van der Waals surface area contributed by atoms with Gasteiger partial charge < -0.3 is 5.32 Å². The normalized spacial score (nSPS) is 19.3. The smallest absolute Gasteiger partial charge is 0.225 e. The molecule has 1 aromatic carbocycles. The fourth-order valence-electron chi connectivity index (χ4n) is 2.59. The molecular weight excluding hydrogens is 255 g/mol. The molecule has 106 valence electrons. The Morgan fingerprint density at radius 1 is 1.55 bits per heavy atom. The number of amides is 1. The van der Waals surface area contributed by atoms with Crippen molar-refractivity contribution in [1.29, 1.82) is 0 Å². The van der Waals surface area contributed by atoms with Crippen molar-refractivity contribution >= 4 is 5.91 Å². The van der Waals surface area contributed by atoms with Gasteiger partial charge in [0.2, 0.25) is 5.91 Å². The molecule has 0 radical (unpaired) electrons. The number of carbonyl (C=O) groups is 1. The monoisotopic (exact) mass is 274 g/mol. The lowest BCUT2D eigenvalue weighted by Crippen LogP contribution is -2.42. The molecule has 1 heterocycles. The zero-order valence-electron chi connectivity index (χ0n) is 11.4. The summed E-state index contributed by atoms with van der Waals surface area (Å²) in [6.07, 6.45) is 7.00. The summed E-state index contributed by atoms with van der Waals surface area (Å²) in [5, 5.41) is 2.73. The lowest BCUT2D eigenvalue weighted by atomic mass is 9.96. The van der Waals surface area contributed by atoms with Crippen molar-refractivity contribution in [1.82, 2.24) is 10.2 Å². The minimum Gasteiger partial charge on any atom is -0.345 e. The summed E-state index contributed by atoms with van der Waals surface area (Å²) in [6.45, 7) is 2.60. The Kier molecular flexibility index (Phi) is 5.14. The van der Waals surface area contributed by atoms with E-state index in [1.165, 1.54) is 6.07 Å². The van der Waals surface area contributed by atoms with Gasteiger partial charge in [0.1, 0.15) is 5.82 Å². The van der Waals surface area contributed by atoms with Crippen molar-refractivity contribution < 1.29 is 9.18 Å². The average Bonchev–Trinajstić information content (AvgIpc) is 2.45. The van der Waals surface area contributed by atoms with Crippen molar-refractivity contribution in [2.24, 2.45) is 5.92 Å². The van der Waals surface area contributed by atoms with Crippen molar-refractivity contribution in [2.45, 2.75) is 19.4 Å². The van der Waals surface area contributed by atoms with Crippen molar-refractivity contribution in [3.63, 3.8) is 0 Å². The first kappa shape index (κ1) is 14.5. The molecule has 1 atom stereocenters. The SMILES string of the molecule is C#CCNC(=O)[C@H]1CCCN(Cc2cccc(F)c2)C1. The summed E-state index contributed by atoms with van der Waals surface area (Å²) in [6, 6.07) is 6.61. The molecular formula is C16H19FN2O. The van der Waals surface area contributed by atoms with Crippen molar-refractivity contribution in [3.8, 4) is 12.3 Å².